The number of hydrogen-bond acceptors (Lipinski definition) is 5. The first-order valence-corrected chi connectivity index (χ1v) is 11.9. The Labute approximate surface area is 196 Å². The van der Waals surface area contributed by atoms with Gasteiger partial charge in [-0.25, -0.2) is 4.68 Å². The molecular weight excluding hydrogens is 414 g/mol. The van der Waals surface area contributed by atoms with Crippen molar-refractivity contribution in [2.75, 3.05) is 26.3 Å². The van der Waals surface area contributed by atoms with Crippen molar-refractivity contribution in [3.63, 3.8) is 0 Å². The molecule has 33 heavy (non-hydrogen) atoms. The average molecular weight is 450 g/mol. The first-order chi connectivity index (χ1) is 16.0. The van der Waals surface area contributed by atoms with Crippen molar-refractivity contribution in [3.05, 3.63) is 71.4 Å². The monoisotopic (exact) mass is 449 g/mol. The van der Waals surface area contributed by atoms with Gasteiger partial charge in [-0.05, 0) is 69.4 Å². The molecule has 6 heteroatoms. The Bertz CT molecular complexity index is 1030. The number of nitrogens with zero attached hydrogens (tertiary/aromatic N) is 3. The molecule has 1 N–H and O–H groups in total. The molecular formula is C27H35N3O3. The summed E-state index contributed by atoms with van der Waals surface area (Å²) in [5, 5.41) is 15.4. The minimum absolute atomic E-state index is 0.354. The molecule has 2 aromatic carbocycles. The van der Waals surface area contributed by atoms with Gasteiger partial charge >= 0.3 is 0 Å². The maximum atomic E-state index is 10.5. The lowest BCUT2D eigenvalue weighted by molar-refractivity contribution is 0.0186. The summed E-state index contributed by atoms with van der Waals surface area (Å²) in [4.78, 5) is 2.32. The van der Waals surface area contributed by atoms with Crippen LogP contribution >= 0.6 is 0 Å². The van der Waals surface area contributed by atoms with Crippen LogP contribution in [0.15, 0.2) is 54.6 Å². The van der Waals surface area contributed by atoms with E-state index in [4.69, 9.17) is 14.6 Å². The van der Waals surface area contributed by atoms with Crippen molar-refractivity contribution in [2.45, 2.75) is 46.3 Å². The van der Waals surface area contributed by atoms with E-state index in [-0.39, 0.29) is 0 Å². The van der Waals surface area contributed by atoms with E-state index in [1.54, 1.807) is 0 Å². The molecule has 1 aliphatic carbocycles. The van der Waals surface area contributed by atoms with Gasteiger partial charge < -0.3 is 14.6 Å². The fraction of sp³-hybridized carbons (Fsp3) is 0.444. The third-order valence-corrected chi connectivity index (χ3v) is 5.92. The molecule has 1 aromatic heterocycles. The molecule has 0 aliphatic heterocycles. The number of aliphatic hydroxyl groups excluding tert-OH is 1. The van der Waals surface area contributed by atoms with E-state index in [1.165, 1.54) is 12.8 Å². The predicted molar refractivity (Wildman–Crippen MR) is 130 cm³/mol. The minimum atomic E-state index is -0.519. The summed E-state index contributed by atoms with van der Waals surface area (Å²) in [7, 11) is 0. The normalized spacial score (nSPS) is 14.6. The van der Waals surface area contributed by atoms with Gasteiger partial charge in [0.1, 0.15) is 5.75 Å². The molecule has 6 nitrogen and oxygen atoms in total. The molecule has 4 rings (SSSR count). The largest absolute Gasteiger partial charge is 0.439 e. The highest BCUT2D eigenvalue weighted by molar-refractivity contribution is 5.43. The minimum Gasteiger partial charge on any atom is -0.439 e. The van der Waals surface area contributed by atoms with Crippen molar-refractivity contribution in [3.8, 4) is 17.3 Å². The van der Waals surface area contributed by atoms with Crippen molar-refractivity contribution in [1.29, 1.82) is 0 Å². The van der Waals surface area contributed by atoms with Crippen LogP contribution in [0.5, 0.6) is 11.6 Å². The number of aryl methyl sites for hydroxylation is 2. The molecule has 0 bridgehead atoms. The lowest BCUT2D eigenvalue weighted by Crippen LogP contribution is -2.36. The van der Waals surface area contributed by atoms with Gasteiger partial charge in [0, 0.05) is 26.2 Å². The van der Waals surface area contributed by atoms with Gasteiger partial charge in [-0.1, -0.05) is 30.3 Å². The van der Waals surface area contributed by atoms with E-state index in [0.29, 0.717) is 32.2 Å². The first-order valence-electron chi connectivity index (χ1n) is 11.9. The average Bonchev–Trinajstić information content (AvgIpc) is 3.57. The van der Waals surface area contributed by atoms with Crippen LogP contribution < -0.4 is 4.74 Å². The molecule has 1 heterocycles. The Balaban J connectivity index is 1.65. The molecule has 1 saturated carbocycles. The van der Waals surface area contributed by atoms with Crippen molar-refractivity contribution >= 4 is 0 Å². The van der Waals surface area contributed by atoms with Crippen LogP contribution in [-0.4, -0.2) is 52.2 Å². The van der Waals surface area contributed by atoms with Crippen molar-refractivity contribution in [1.82, 2.24) is 14.7 Å². The Hall–Kier alpha value is -2.67. The van der Waals surface area contributed by atoms with Crippen LogP contribution in [-0.2, 0) is 11.3 Å². The summed E-state index contributed by atoms with van der Waals surface area (Å²) >= 11 is 0. The lowest BCUT2D eigenvalue weighted by atomic mass is 10.2. The van der Waals surface area contributed by atoms with E-state index in [9.17, 15) is 5.11 Å². The quantitative estimate of drug-likeness (QED) is 0.427. The van der Waals surface area contributed by atoms with Gasteiger partial charge in [-0.3, -0.25) is 4.90 Å². The Morgan fingerprint density at radius 1 is 1.12 bits per heavy atom. The van der Waals surface area contributed by atoms with E-state index in [1.807, 2.05) is 67.1 Å². The molecule has 0 amide bonds. The third-order valence-electron chi connectivity index (χ3n) is 5.92. The number of benzene rings is 2. The Kier molecular flexibility index (Phi) is 7.81. The highest BCUT2D eigenvalue weighted by atomic mass is 16.5. The predicted octanol–water partition coefficient (Wildman–Crippen LogP) is 4.89. The zero-order valence-electron chi connectivity index (χ0n) is 19.9. The van der Waals surface area contributed by atoms with Gasteiger partial charge in [0.2, 0.25) is 5.88 Å². The topological polar surface area (TPSA) is 59.8 Å². The second kappa shape index (κ2) is 11.0. The fourth-order valence-corrected chi connectivity index (χ4v) is 4.06. The first kappa shape index (κ1) is 23.5. The Morgan fingerprint density at radius 2 is 1.91 bits per heavy atom. The Morgan fingerprint density at radius 3 is 2.61 bits per heavy atom. The highest BCUT2D eigenvalue weighted by Crippen LogP contribution is 2.34. The molecule has 1 aliphatic rings. The zero-order valence-corrected chi connectivity index (χ0v) is 19.9. The van der Waals surface area contributed by atoms with Gasteiger partial charge in [-0.2, -0.15) is 5.10 Å². The van der Waals surface area contributed by atoms with Gasteiger partial charge in [0.15, 0.2) is 0 Å². The smallest absolute Gasteiger partial charge is 0.227 e. The van der Waals surface area contributed by atoms with Crippen LogP contribution in [0.1, 0.15) is 36.6 Å². The summed E-state index contributed by atoms with van der Waals surface area (Å²) in [5.74, 6) is 2.22. The van der Waals surface area contributed by atoms with E-state index >= 15 is 0 Å². The second-order valence-electron chi connectivity index (χ2n) is 8.99. The lowest BCUT2D eigenvalue weighted by Gasteiger charge is -2.25. The number of rotatable bonds is 12. The number of para-hydroxylation sites is 1. The maximum absolute atomic E-state index is 10.5. The van der Waals surface area contributed by atoms with E-state index in [0.717, 1.165) is 40.7 Å². The van der Waals surface area contributed by atoms with Gasteiger partial charge in [0.05, 0.1) is 29.7 Å². The summed E-state index contributed by atoms with van der Waals surface area (Å²) in [6.07, 6.45) is 1.99. The number of aromatic nitrogens is 2. The third kappa shape index (κ3) is 6.44. The fourth-order valence-electron chi connectivity index (χ4n) is 4.06. The second-order valence-corrected chi connectivity index (χ2v) is 8.99. The number of ether oxygens (including phenoxy) is 2. The molecule has 1 unspecified atom stereocenters. The summed E-state index contributed by atoms with van der Waals surface area (Å²) in [6.45, 7) is 9.20. The molecule has 0 saturated heterocycles. The molecule has 1 atom stereocenters. The summed E-state index contributed by atoms with van der Waals surface area (Å²) in [5.41, 5.74) is 4.08. The summed E-state index contributed by atoms with van der Waals surface area (Å²) < 4.78 is 13.8. The van der Waals surface area contributed by atoms with Crippen LogP contribution in [0.4, 0.5) is 0 Å². The van der Waals surface area contributed by atoms with Crippen molar-refractivity contribution in [2.24, 2.45) is 5.92 Å². The summed E-state index contributed by atoms with van der Waals surface area (Å²) in [6, 6.07) is 18.2. The standard InChI is InChI=1S/C27H35N3O3/c1-4-32-19-24(31)17-29(16-22-13-14-22)18-26-21(3)28-30(23-10-6-5-7-11-23)27(26)33-25-12-8-9-20(2)15-25/h5-12,15,22,24,31H,4,13-14,16-19H2,1-3H3. The van der Waals surface area contributed by atoms with Crippen LogP contribution in [0.25, 0.3) is 5.69 Å². The maximum Gasteiger partial charge on any atom is 0.227 e. The van der Waals surface area contributed by atoms with Crippen LogP contribution in [0.2, 0.25) is 0 Å². The van der Waals surface area contributed by atoms with Gasteiger partial charge in [-0.15, -0.1) is 0 Å². The molecule has 1 fully saturated rings. The number of aliphatic hydroxyl groups is 1. The van der Waals surface area contributed by atoms with Crippen LogP contribution in [0.3, 0.4) is 0 Å². The zero-order chi connectivity index (χ0) is 23.2. The molecule has 0 spiro atoms. The molecule has 3 aromatic rings. The van der Waals surface area contributed by atoms with E-state index in [2.05, 4.69) is 17.9 Å². The SMILES string of the molecule is CCOCC(O)CN(Cc1c(C)nn(-c2ccccc2)c1Oc1cccc(C)c1)CC1CC1. The molecule has 0 radical (unpaired) electrons. The number of hydrogen-bond donors (Lipinski definition) is 1. The van der Waals surface area contributed by atoms with E-state index < -0.39 is 6.10 Å². The highest BCUT2D eigenvalue weighted by Gasteiger charge is 2.28. The van der Waals surface area contributed by atoms with Crippen LogP contribution in [0, 0.1) is 19.8 Å². The van der Waals surface area contributed by atoms with Crippen molar-refractivity contribution < 1.29 is 14.6 Å². The van der Waals surface area contributed by atoms with Gasteiger partial charge in [0.25, 0.3) is 0 Å². The molecule has 176 valence electrons.